The number of methoxy groups -OCH3 is 1. The number of hydrogen-bond acceptors (Lipinski definition) is 7. The second kappa shape index (κ2) is 11.7. The van der Waals surface area contributed by atoms with E-state index in [-0.39, 0.29) is 5.91 Å². The molecule has 0 bridgehead atoms. The Bertz CT molecular complexity index is 1600. The van der Waals surface area contributed by atoms with E-state index in [4.69, 9.17) is 21.3 Å². The van der Waals surface area contributed by atoms with Crippen LogP contribution in [0, 0.1) is 0 Å². The van der Waals surface area contributed by atoms with Gasteiger partial charge < -0.3 is 20.3 Å². The van der Waals surface area contributed by atoms with Gasteiger partial charge in [-0.3, -0.25) is 4.79 Å². The Labute approximate surface area is 244 Å². The van der Waals surface area contributed by atoms with Gasteiger partial charge in [-0.05, 0) is 73.9 Å². The van der Waals surface area contributed by atoms with Gasteiger partial charge in [-0.2, -0.15) is 0 Å². The number of nitrogens with zero attached hydrogens (tertiary/aromatic N) is 4. The molecule has 8 nitrogen and oxygen atoms in total. The lowest BCUT2D eigenvalue weighted by Gasteiger charge is -2.31. The van der Waals surface area contributed by atoms with Crippen LogP contribution in [0.1, 0.15) is 40.0 Å². The summed E-state index contributed by atoms with van der Waals surface area (Å²) in [7, 11) is 3.64. The number of para-hydroxylation sites is 1. The molecule has 1 aromatic heterocycles. The summed E-state index contributed by atoms with van der Waals surface area (Å²) >= 11 is 6.48. The van der Waals surface area contributed by atoms with E-state index in [9.17, 15) is 4.79 Å². The number of piperidine rings is 1. The predicted octanol–water partition coefficient (Wildman–Crippen LogP) is 5.61. The number of nitrogens with one attached hydrogen (secondary N) is 2. The number of hydrogen-bond donors (Lipinski definition) is 2. The molecule has 1 saturated heterocycles. The third kappa shape index (κ3) is 5.53. The van der Waals surface area contributed by atoms with Crippen LogP contribution in [-0.4, -0.2) is 59.2 Å². The van der Waals surface area contributed by atoms with E-state index in [1.807, 2.05) is 72.8 Å². The summed E-state index contributed by atoms with van der Waals surface area (Å²) in [4.78, 5) is 28.8. The molecule has 2 N–H and O–H groups in total. The van der Waals surface area contributed by atoms with Crippen molar-refractivity contribution in [2.45, 2.75) is 25.3 Å². The lowest BCUT2D eigenvalue weighted by atomic mass is 9.84. The summed E-state index contributed by atoms with van der Waals surface area (Å²) in [5, 5.41) is 6.98. The second-order valence-electron chi connectivity index (χ2n) is 10.2. The quantitative estimate of drug-likeness (QED) is 0.403. The minimum Gasteiger partial charge on any atom is -0.496 e. The number of aliphatic imine (C=N–C) groups is 1. The van der Waals surface area contributed by atoms with Crippen molar-refractivity contribution in [3.63, 3.8) is 0 Å². The van der Waals surface area contributed by atoms with Gasteiger partial charge in [0.25, 0.3) is 5.91 Å². The van der Waals surface area contributed by atoms with Crippen molar-refractivity contribution in [3.8, 4) is 5.75 Å². The predicted molar refractivity (Wildman–Crippen MR) is 164 cm³/mol. The first kappa shape index (κ1) is 26.9. The number of allylic oxidation sites excluding steroid dienone is 5. The van der Waals surface area contributed by atoms with Gasteiger partial charge in [-0.1, -0.05) is 35.9 Å². The molecule has 3 heterocycles. The first-order valence-electron chi connectivity index (χ1n) is 13.7. The van der Waals surface area contributed by atoms with Crippen LogP contribution in [0.3, 0.4) is 0 Å². The molecule has 0 spiro atoms. The zero-order chi connectivity index (χ0) is 28.3. The van der Waals surface area contributed by atoms with Crippen LogP contribution < -0.4 is 15.4 Å². The fourth-order valence-corrected chi connectivity index (χ4v) is 5.67. The summed E-state index contributed by atoms with van der Waals surface area (Å²) in [6, 6.07) is 15.8. The maximum Gasteiger partial charge on any atom is 0.253 e. The summed E-state index contributed by atoms with van der Waals surface area (Å²) in [5.74, 6) is 1.28. The second-order valence-corrected chi connectivity index (χ2v) is 10.6. The molecule has 0 atom stereocenters. The Hall–Kier alpha value is -4.27. The molecule has 1 amide bonds. The molecule has 2 aliphatic heterocycles. The third-order valence-electron chi connectivity index (χ3n) is 7.78. The standard InChI is InChI=1S/C32H31ClN6O2/c1-34-22-13-15-39(16-14-22)31(40)20-7-10-23(11-8-20)37-32-36-18-21-9-12-24-26(25-5-3-4-6-28(25)41-2)17-29(33)35-19-27(24)30(21)38-32/h3-8,10-12,17-19,22,34H,9,13-16H2,1-2H3,(H,36,37,38). The minimum atomic E-state index is 0.0638. The number of likely N-dealkylation sites (tertiary alicyclic amines) is 1. The number of anilines is 2. The van der Waals surface area contributed by atoms with E-state index in [0.717, 1.165) is 70.9 Å². The zero-order valence-electron chi connectivity index (χ0n) is 23.0. The monoisotopic (exact) mass is 566 g/mol. The highest BCUT2D eigenvalue weighted by Crippen LogP contribution is 2.42. The number of amides is 1. The lowest BCUT2D eigenvalue weighted by molar-refractivity contribution is 0.0707. The number of fused-ring (bicyclic) bond motifs is 3. The molecule has 9 heteroatoms. The zero-order valence-corrected chi connectivity index (χ0v) is 23.8. The summed E-state index contributed by atoms with van der Waals surface area (Å²) < 4.78 is 5.64. The molecule has 0 unspecified atom stereocenters. The summed E-state index contributed by atoms with van der Waals surface area (Å²) in [6.07, 6.45) is 10.2. The number of halogens is 1. The topological polar surface area (TPSA) is 91.7 Å². The molecule has 208 valence electrons. The van der Waals surface area contributed by atoms with Crippen LogP contribution in [0.25, 0.3) is 11.1 Å². The highest BCUT2D eigenvalue weighted by Gasteiger charge is 2.26. The molecule has 0 saturated carbocycles. The van der Waals surface area contributed by atoms with Gasteiger partial charge in [0.2, 0.25) is 5.95 Å². The van der Waals surface area contributed by atoms with Crippen LogP contribution in [0.2, 0.25) is 0 Å². The largest absolute Gasteiger partial charge is 0.496 e. The van der Waals surface area contributed by atoms with Gasteiger partial charge in [0.15, 0.2) is 0 Å². The number of benzene rings is 2. The first-order valence-corrected chi connectivity index (χ1v) is 14.1. The van der Waals surface area contributed by atoms with E-state index in [0.29, 0.717) is 29.1 Å². The van der Waals surface area contributed by atoms with Crippen molar-refractivity contribution >= 4 is 45.5 Å². The van der Waals surface area contributed by atoms with Crippen LogP contribution in [0.5, 0.6) is 5.75 Å². The molecule has 6 rings (SSSR count). The van der Waals surface area contributed by atoms with Crippen LogP contribution in [-0.2, 0) is 6.42 Å². The highest BCUT2D eigenvalue weighted by atomic mass is 35.5. The summed E-state index contributed by atoms with van der Waals surface area (Å²) in [6.45, 7) is 1.53. The maximum atomic E-state index is 13.0. The van der Waals surface area contributed by atoms with Crippen molar-refractivity contribution < 1.29 is 9.53 Å². The van der Waals surface area contributed by atoms with Gasteiger partial charge in [0, 0.05) is 59.5 Å². The smallest absolute Gasteiger partial charge is 0.253 e. The lowest BCUT2D eigenvalue weighted by Crippen LogP contribution is -2.43. The third-order valence-corrected chi connectivity index (χ3v) is 7.99. The number of aromatic nitrogens is 2. The maximum absolute atomic E-state index is 13.0. The van der Waals surface area contributed by atoms with Crippen LogP contribution in [0.15, 0.2) is 83.6 Å². The molecule has 3 aliphatic rings. The molecule has 3 aromatic rings. The number of carbonyl (C=O) groups excluding carboxylic acids is 1. The average molecular weight is 567 g/mol. The molecule has 41 heavy (non-hydrogen) atoms. The molecular formula is C32H31ClN6O2. The minimum absolute atomic E-state index is 0.0638. The Morgan fingerprint density at radius 3 is 2.59 bits per heavy atom. The SMILES string of the molecule is CNC1CCN(C(=O)c2ccc(Nc3ncc4c(n3)C3=CN=C(Cl)C=C(c5ccccc5OC)C3=CC4)cc2)CC1. The Balaban J connectivity index is 1.23. The fraction of sp³-hybridized carbons (Fsp3) is 0.250. The van der Waals surface area contributed by atoms with Crippen molar-refractivity contribution in [2.24, 2.45) is 4.99 Å². The number of ether oxygens (including phenoxy) is 1. The average Bonchev–Trinajstić information content (AvgIpc) is 3.19. The van der Waals surface area contributed by atoms with Crippen molar-refractivity contribution in [2.75, 3.05) is 32.6 Å². The Morgan fingerprint density at radius 2 is 1.83 bits per heavy atom. The van der Waals surface area contributed by atoms with E-state index < -0.39 is 0 Å². The molecule has 1 aliphatic carbocycles. The van der Waals surface area contributed by atoms with E-state index >= 15 is 0 Å². The highest BCUT2D eigenvalue weighted by molar-refractivity contribution is 6.69. The van der Waals surface area contributed by atoms with Gasteiger partial charge >= 0.3 is 0 Å². The Kier molecular flexibility index (Phi) is 7.67. The molecule has 0 radical (unpaired) electrons. The van der Waals surface area contributed by atoms with Gasteiger partial charge in [-0.15, -0.1) is 0 Å². The van der Waals surface area contributed by atoms with Crippen molar-refractivity contribution in [3.05, 3.63) is 101 Å². The van der Waals surface area contributed by atoms with E-state index in [2.05, 4.69) is 26.7 Å². The summed E-state index contributed by atoms with van der Waals surface area (Å²) in [5.41, 5.74) is 6.99. The first-order chi connectivity index (χ1) is 20.0. The molecule has 1 fully saturated rings. The van der Waals surface area contributed by atoms with Crippen LogP contribution >= 0.6 is 11.6 Å². The molecule has 2 aromatic carbocycles. The van der Waals surface area contributed by atoms with Crippen molar-refractivity contribution in [1.82, 2.24) is 20.2 Å². The van der Waals surface area contributed by atoms with E-state index in [1.54, 1.807) is 13.3 Å². The van der Waals surface area contributed by atoms with E-state index in [1.165, 1.54) is 0 Å². The Morgan fingerprint density at radius 1 is 1.05 bits per heavy atom. The number of carbonyl (C=O) groups is 1. The molecular weight excluding hydrogens is 536 g/mol. The van der Waals surface area contributed by atoms with Gasteiger partial charge in [-0.25, -0.2) is 15.0 Å². The number of rotatable bonds is 6. The van der Waals surface area contributed by atoms with Crippen molar-refractivity contribution in [1.29, 1.82) is 0 Å². The van der Waals surface area contributed by atoms with Crippen LogP contribution in [0.4, 0.5) is 11.6 Å². The van der Waals surface area contributed by atoms with Gasteiger partial charge in [0.05, 0.1) is 12.8 Å². The van der Waals surface area contributed by atoms with Gasteiger partial charge in [0.1, 0.15) is 10.9 Å². The fourth-order valence-electron chi connectivity index (χ4n) is 5.51. The normalized spacial score (nSPS) is 16.8.